The monoisotopic (exact) mass is 268 g/mol. The number of nitrogens with one attached hydrogen (secondary N) is 1. The minimum Gasteiger partial charge on any atom is -0.312 e. The highest BCUT2D eigenvalue weighted by atomic mass is 15.2. The van der Waals surface area contributed by atoms with E-state index < -0.39 is 0 Å². The van der Waals surface area contributed by atoms with Crippen molar-refractivity contribution in [2.24, 2.45) is 0 Å². The maximum atomic E-state index is 3.57. The highest BCUT2D eigenvalue weighted by Gasteiger charge is 2.19. The second-order valence-electron chi connectivity index (χ2n) is 7.18. The van der Waals surface area contributed by atoms with Crippen molar-refractivity contribution in [3.8, 4) is 0 Å². The molecule has 1 atom stereocenters. The quantitative estimate of drug-likeness (QED) is 0.664. The molecule has 0 amide bonds. The Labute approximate surface area is 121 Å². The molecule has 0 bridgehead atoms. The highest BCUT2D eigenvalue weighted by Crippen LogP contribution is 2.19. The molecule has 1 N–H and O–H groups in total. The molecule has 1 aliphatic heterocycles. The minimum absolute atomic E-state index is 0.280. The summed E-state index contributed by atoms with van der Waals surface area (Å²) in [4.78, 5) is 2.75. The van der Waals surface area contributed by atoms with Gasteiger partial charge in [0.05, 0.1) is 0 Å². The predicted molar refractivity (Wildman–Crippen MR) is 85.7 cm³/mol. The van der Waals surface area contributed by atoms with Crippen molar-refractivity contribution in [1.29, 1.82) is 0 Å². The van der Waals surface area contributed by atoms with Crippen LogP contribution in [-0.4, -0.2) is 36.1 Å². The number of hydrogen-bond acceptors (Lipinski definition) is 2. The number of rotatable bonds is 8. The van der Waals surface area contributed by atoms with Gasteiger partial charge in [0.25, 0.3) is 0 Å². The second-order valence-corrected chi connectivity index (χ2v) is 7.18. The van der Waals surface area contributed by atoms with Gasteiger partial charge in [-0.05, 0) is 72.5 Å². The second kappa shape index (κ2) is 8.97. The van der Waals surface area contributed by atoms with Crippen LogP contribution in [0.2, 0.25) is 0 Å². The molecule has 0 aromatic heterocycles. The summed E-state index contributed by atoms with van der Waals surface area (Å²) in [6.07, 6.45) is 11.2. The summed E-state index contributed by atoms with van der Waals surface area (Å²) in [6.45, 7) is 12.9. The molecule has 19 heavy (non-hydrogen) atoms. The molecule has 1 unspecified atom stereocenters. The maximum absolute atomic E-state index is 3.57. The number of hydrogen-bond donors (Lipinski definition) is 1. The summed E-state index contributed by atoms with van der Waals surface area (Å²) in [7, 11) is 0. The van der Waals surface area contributed by atoms with E-state index in [0.29, 0.717) is 0 Å². The molecule has 1 fully saturated rings. The van der Waals surface area contributed by atoms with Crippen LogP contribution in [0.1, 0.15) is 79.1 Å². The first kappa shape index (κ1) is 17.0. The molecule has 0 aromatic carbocycles. The van der Waals surface area contributed by atoms with E-state index in [-0.39, 0.29) is 5.54 Å². The lowest BCUT2D eigenvalue weighted by atomic mass is 9.99. The molecule has 2 heteroatoms. The van der Waals surface area contributed by atoms with Crippen LogP contribution in [0.15, 0.2) is 0 Å². The number of likely N-dealkylation sites (tertiary alicyclic amines) is 1. The normalized spacial score (nSPS) is 21.8. The molecule has 0 radical (unpaired) electrons. The van der Waals surface area contributed by atoms with E-state index in [1.807, 2.05) is 0 Å². The van der Waals surface area contributed by atoms with Gasteiger partial charge in [-0.25, -0.2) is 0 Å². The maximum Gasteiger partial charge on any atom is 0.00965 e. The van der Waals surface area contributed by atoms with Crippen molar-refractivity contribution in [3.05, 3.63) is 0 Å². The lowest BCUT2D eigenvalue weighted by molar-refractivity contribution is 0.141. The lowest BCUT2D eigenvalue weighted by Crippen LogP contribution is -2.39. The molecule has 1 aliphatic rings. The minimum atomic E-state index is 0.280. The van der Waals surface area contributed by atoms with Gasteiger partial charge in [-0.1, -0.05) is 26.2 Å². The summed E-state index contributed by atoms with van der Waals surface area (Å²) in [5.41, 5.74) is 0.280. The topological polar surface area (TPSA) is 15.3 Å². The average molecular weight is 268 g/mol. The predicted octanol–water partition coefficient (Wildman–Crippen LogP) is 4.20. The fourth-order valence-corrected chi connectivity index (χ4v) is 3.07. The number of nitrogens with zero attached hydrogens (tertiary/aromatic N) is 1. The Morgan fingerprint density at radius 3 is 2.47 bits per heavy atom. The smallest absolute Gasteiger partial charge is 0.00965 e. The molecule has 0 aromatic rings. The largest absolute Gasteiger partial charge is 0.312 e. The van der Waals surface area contributed by atoms with Crippen LogP contribution in [0, 0.1) is 0 Å². The zero-order valence-corrected chi connectivity index (χ0v) is 13.8. The first-order chi connectivity index (χ1) is 9.03. The van der Waals surface area contributed by atoms with Crippen LogP contribution in [0.4, 0.5) is 0 Å². The first-order valence-corrected chi connectivity index (χ1v) is 8.52. The standard InChI is InChI=1S/C17H36N2/c1-5-16-12-8-11-15-19(16)14-10-7-6-9-13-18-17(2,3)4/h16,18H,5-15H2,1-4H3. The lowest BCUT2D eigenvalue weighted by Gasteiger charge is -2.35. The molecular formula is C17H36N2. The first-order valence-electron chi connectivity index (χ1n) is 8.52. The Morgan fingerprint density at radius 1 is 1.05 bits per heavy atom. The Bertz CT molecular complexity index is 220. The summed E-state index contributed by atoms with van der Waals surface area (Å²) >= 11 is 0. The summed E-state index contributed by atoms with van der Waals surface area (Å²) < 4.78 is 0. The summed E-state index contributed by atoms with van der Waals surface area (Å²) in [5.74, 6) is 0. The Hall–Kier alpha value is -0.0800. The number of piperidine rings is 1. The van der Waals surface area contributed by atoms with E-state index in [1.165, 1.54) is 71.0 Å². The molecule has 0 saturated carbocycles. The summed E-state index contributed by atoms with van der Waals surface area (Å²) in [5, 5.41) is 3.57. The van der Waals surface area contributed by atoms with E-state index in [1.54, 1.807) is 0 Å². The van der Waals surface area contributed by atoms with Gasteiger partial charge in [0.1, 0.15) is 0 Å². The van der Waals surface area contributed by atoms with E-state index in [0.717, 1.165) is 6.04 Å². The van der Waals surface area contributed by atoms with Gasteiger partial charge in [-0.3, -0.25) is 0 Å². The fourth-order valence-electron chi connectivity index (χ4n) is 3.07. The van der Waals surface area contributed by atoms with E-state index in [4.69, 9.17) is 0 Å². The van der Waals surface area contributed by atoms with Gasteiger partial charge in [0.15, 0.2) is 0 Å². The Balaban J connectivity index is 1.98. The zero-order valence-electron chi connectivity index (χ0n) is 13.8. The van der Waals surface area contributed by atoms with Gasteiger partial charge in [0, 0.05) is 11.6 Å². The molecule has 114 valence electrons. The molecule has 1 heterocycles. The van der Waals surface area contributed by atoms with Crippen molar-refractivity contribution in [3.63, 3.8) is 0 Å². The van der Waals surface area contributed by atoms with Gasteiger partial charge in [-0.15, -0.1) is 0 Å². The summed E-state index contributed by atoms with van der Waals surface area (Å²) in [6, 6.07) is 0.885. The van der Waals surface area contributed by atoms with Crippen molar-refractivity contribution >= 4 is 0 Å². The van der Waals surface area contributed by atoms with Crippen LogP contribution in [0.25, 0.3) is 0 Å². The Morgan fingerprint density at radius 2 is 1.79 bits per heavy atom. The van der Waals surface area contributed by atoms with E-state index in [2.05, 4.69) is 37.9 Å². The molecule has 1 saturated heterocycles. The van der Waals surface area contributed by atoms with E-state index >= 15 is 0 Å². The van der Waals surface area contributed by atoms with Crippen molar-refractivity contribution in [2.45, 2.75) is 90.6 Å². The Kier molecular flexibility index (Phi) is 8.01. The number of unbranched alkanes of at least 4 members (excludes halogenated alkanes) is 3. The molecule has 0 aliphatic carbocycles. The van der Waals surface area contributed by atoms with Gasteiger partial charge in [-0.2, -0.15) is 0 Å². The molecule has 1 rings (SSSR count). The molecule has 2 nitrogen and oxygen atoms in total. The molecule has 0 spiro atoms. The van der Waals surface area contributed by atoms with Crippen LogP contribution >= 0.6 is 0 Å². The molecular weight excluding hydrogens is 232 g/mol. The zero-order chi connectivity index (χ0) is 14.1. The average Bonchev–Trinajstić information content (AvgIpc) is 2.37. The van der Waals surface area contributed by atoms with Gasteiger partial charge >= 0.3 is 0 Å². The van der Waals surface area contributed by atoms with Crippen LogP contribution in [0.5, 0.6) is 0 Å². The van der Waals surface area contributed by atoms with E-state index in [9.17, 15) is 0 Å². The van der Waals surface area contributed by atoms with Crippen molar-refractivity contribution in [2.75, 3.05) is 19.6 Å². The van der Waals surface area contributed by atoms with Crippen LogP contribution < -0.4 is 5.32 Å². The fraction of sp³-hybridized carbons (Fsp3) is 1.00. The highest BCUT2D eigenvalue weighted by molar-refractivity contribution is 4.75. The van der Waals surface area contributed by atoms with Crippen molar-refractivity contribution in [1.82, 2.24) is 10.2 Å². The third-order valence-electron chi connectivity index (χ3n) is 4.25. The SMILES string of the molecule is CCC1CCCCN1CCCCCCNC(C)(C)C. The third kappa shape index (κ3) is 7.94. The van der Waals surface area contributed by atoms with Crippen LogP contribution in [0.3, 0.4) is 0 Å². The van der Waals surface area contributed by atoms with Gasteiger partial charge < -0.3 is 10.2 Å². The van der Waals surface area contributed by atoms with Crippen LogP contribution in [-0.2, 0) is 0 Å². The van der Waals surface area contributed by atoms with Crippen molar-refractivity contribution < 1.29 is 0 Å². The van der Waals surface area contributed by atoms with Gasteiger partial charge in [0.2, 0.25) is 0 Å². The third-order valence-corrected chi connectivity index (χ3v) is 4.25.